The van der Waals surface area contributed by atoms with Crippen molar-refractivity contribution >= 4 is 0 Å². The van der Waals surface area contributed by atoms with Crippen LogP contribution in [0.1, 0.15) is 51.3 Å². The van der Waals surface area contributed by atoms with Crippen molar-refractivity contribution in [3.05, 3.63) is 18.0 Å². The topological polar surface area (TPSA) is 47.3 Å². The van der Waals surface area contributed by atoms with Crippen molar-refractivity contribution < 1.29 is 9.84 Å². The number of aliphatic hydroxyl groups is 1. The van der Waals surface area contributed by atoms with E-state index in [1.807, 2.05) is 0 Å². The number of hydrogen-bond acceptors (Lipinski definition) is 3. The molecule has 1 aliphatic rings. The fourth-order valence-corrected chi connectivity index (χ4v) is 2.92. The summed E-state index contributed by atoms with van der Waals surface area (Å²) in [5.41, 5.74) is 1.08. The molecule has 1 saturated heterocycles. The molecule has 2 heterocycles. The summed E-state index contributed by atoms with van der Waals surface area (Å²) in [4.78, 5) is 0. The van der Waals surface area contributed by atoms with Crippen LogP contribution in [0.25, 0.3) is 0 Å². The summed E-state index contributed by atoms with van der Waals surface area (Å²) >= 11 is 0. The monoisotopic (exact) mass is 266 g/mol. The number of nitrogens with zero attached hydrogens (tertiary/aromatic N) is 2. The molecule has 1 N–H and O–H groups in total. The van der Waals surface area contributed by atoms with E-state index in [1.54, 1.807) is 0 Å². The van der Waals surface area contributed by atoms with Crippen molar-refractivity contribution in [1.29, 1.82) is 0 Å². The van der Waals surface area contributed by atoms with E-state index in [0.717, 1.165) is 51.0 Å². The molecule has 0 radical (unpaired) electrons. The summed E-state index contributed by atoms with van der Waals surface area (Å²) in [6.07, 6.45) is 7.02. The summed E-state index contributed by atoms with van der Waals surface area (Å²) in [7, 11) is 0. The van der Waals surface area contributed by atoms with Gasteiger partial charge >= 0.3 is 0 Å². The normalized spacial score (nSPS) is 18.9. The van der Waals surface area contributed by atoms with E-state index in [-0.39, 0.29) is 12.0 Å². The van der Waals surface area contributed by atoms with Crippen molar-refractivity contribution in [2.24, 2.45) is 5.41 Å². The first-order valence-corrected chi connectivity index (χ1v) is 7.45. The minimum Gasteiger partial charge on any atom is -0.396 e. The summed E-state index contributed by atoms with van der Waals surface area (Å²) in [5.74, 6) is 0. The fourth-order valence-electron chi connectivity index (χ4n) is 2.92. The highest BCUT2D eigenvalue weighted by molar-refractivity contribution is 5.04. The maximum Gasteiger partial charge on any atom is 0.0631 e. The van der Waals surface area contributed by atoms with Crippen molar-refractivity contribution in [1.82, 2.24) is 9.78 Å². The van der Waals surface area contributed by atoms with Crippen LogP contribution in [0, 0.1) is 5.41 Å². The third-order valence-corrected chi connectivity index (χ3v) is 4.43. The highest BCUT2D eigenvalue weighted by atomic mass is 16.5. The Labute approximate surface area is 115 Å². The van der Waals surface area contributed by atoms with Gasteiger partial charge in [-0.2, -0.15) is 5.10 Å². The second-order valence-corrected chi connectivity index (χ2v) is 5.70. The Kier molecular flexibility index (Phi) is 4.99. The lowest BCUT2D eigenvalue weighted by atomic mass is 9.77. The Morgan fingerprint density at radius 1 is 1.37 bits per heavy atom. The largest absolute Gasteiger partial charge is 0.396 e. The zero-order valence-corrected chi connectivity index (χ0v) is 12.1. The van der Waals surface area contributed by atoms with E-state index in [4.69, 9.17) is 9.84 Å². The van der Waals surface area contributed by atoms with Crippen LogP contribution in [0.2, 0.25) is 0 Å². The van der Waals surface area contributed by atoms with Crippen LogP contribution in [0.5, 0.6) is 0 Å². The molecule has 0 amide bonds. The molecule has 0 bridgehead atoms. The van der Waals surface area contributed by atoms with Gasteiger partial charge in [-0.05, 0) is 38.2 Å². The van der Waals surface area contributed by atoms with E-state index in [2.05, 4.69) is 30.8 Å². The van der Waals surface area contributed by atoms with Gasteiger partial charge in [0, 0.05) is 31.4 Å². The SMILES string of the molecule is CCC(CC)n1ccc(CC2(CO)CCOCC2)n1. The Morgan fingerprint density at radius 3 is 2.63 bits per heavy atom. The third kappa shape index (κ3) is 3.37. The van der Waals surface area contributed by atoms with Gasteiger partial charge in [-0.15, -0.1) is 0 Å². The second-order valence-electron chi connectivity index (χ2n) is 5.70. The predicted molar refractivity (Wildman–Crippen MR) is 75.1 cm³/mol. The molecule has 0 spiro atoms. The summed E-state index contributed by atoms with van der Waals surface area (Å²) in [6.45, 7) is 6.14. The average Bonchev–Trinajstić information content (AvgIpc) is 2.89. The van der Waals surface area contributed by atoms with Crippen LogP contribution in [0.15, 0.2) is 12.3 Å². The molecule has 0 saturated carbocycles. The van der Waals surface area contributed by atoms with Crippen LogP contribution >= 0.6 is 0 Å². The molecule has 1 aliphatic heterocycles. The van der Waals surface area contributed by atoms with E-state index >= 15 is 0 Å². The summed E-state index contributed by atoms with van der Waals surface area (Å²) < 4.78 is 7.49. The van der Waals surface area contributed by atoms with E-state index < -0.39 is 0 Å². The highest BCUT2D eigenvalue weighted by Gasteiger charge is 2.33. The minimum atomic E-state index is -0.0225. The third-order valence-electron chi connectivity index (χ3n) is 4.43. The van der Waals surface area contributed by atoms with Crippen molar-refractivity contribution in [2.75, 3.05) is 19.8 Å². The Bertz CT molecular complexity index is 379. The van der Waals surface area contributed by atoms with Gasteiger partial charge in [0.25, 0.3) is 0 Å². The maximum absolute atomic E-state index is 9.72. The molecule has 0 aliphatic carbocycles. The summed E-state index contributed by atoms with van der Waals surface area (Å²) in [6, 6.07) is 2.60. The smallest absolute Gasteiger partial charge is 0.0631 e. The van der Waals surface area contributed by atoms with Gasteiger partial charge < -0.3 is 9.84 Å². The van der Waals surface area contributed by atoms with E-state index in [1.165, 1.54) is 0 Å². The maximum atomic E-state index is 9.72. The van der Waals surface area contributed by atoms with Gasteiger partial charge in [-0.1, -0.05) is 13.8 Å². The average molecular weight is 266 g/mol. The number of aliphatic hydroxyl groups excluding tert-OH is 1. The van der Waals surface area contributed by atoms with Gasteiger partial charge in [0.15, 0.2) is 0 Å². The molecule has 0 atom stereocenters. The van der Waals surface area contributed by atoms with E-state index in [0.29, 0.717) is 6.04 Å². The van der Waals surface area contributed by atoms with Crippen molar-refractivity contribution in [3.63, 3.8) is 0 Å². The molecule has 19 heavy (non-hydrogen) atoms. The quantitative estimate of drug-likeness (QED) is 0.861. The fraction of sp³-hybridized carbons (Fsp3) is 0.800. The van der Waals surface area contributed by atoms with Gasteiger partial charge in [0.1, 0.15) is 0 Å². The minimum absolute atomic E-state index is 0.0225. The van der Waals surface area contributed by atoms with Crippen LogP contribution in [0.3, 0.4) is 0 Å². The molecule has 108 valence electrons. The number of ether oxygens (including phenoxy) is 1. The lowest BCUT2D eigenvalue weighted by molar-refractivity contribution is -0.0163. The van der Waals surface area contributed by atoms with Crippen LogP contribution in [-0.2, 0) is 11.2 Å². The molecule has 1 aromatic rings. The first kappa shape index (κ1) is 14.5. The van der Waals surface area contributed by atoms with Crippen LogP contribution in [-0.4, -0.2) is 34.7 Å². The van der Waals surface area contributed by atoms with Gasteiger partial charge in [0.2, 0.25) is 0 Å². The first-order valence-electron chi connectivity index (χ1n) is 7.45. The molecule has 4 heteroatoms. The predicted octanol–water partition coefficient (Wildman–Crippen LogP) is 2.58. The number of aromatic nitrogens is 2. The lowest BCUT2D eigenvalue weighted by Gasteiger charge is -2.34. The molecule has 1 aromatic heterocycles. The Balaban J connectivity index is 2.05. The Hall–Kier alpha value is -0.870. The second kappa shape index (κ2) is 6.53. The summed E-state index contributed by atoms with van der Waals surface area (Å²) in [5, 5.41) is 14.4. The zero-order valence-electron chi connectivity index (χ0n) is 12.1. The molecular formula is C15H26N2O2. The zero-order chi connectivity index (χ0) is 13.7. The molecular weight excluding hydrogens is 240 g/mol. The molecule has 2 rings (SSSR count). The van der Waals surface area contributed by atoms with Crippen molar-refractivity contribution in [2.45, 2.75) is 52.0 Å². The molecule has 4 nitrogen and oxygen atoms in total. The first-order chi connectivity index (χ1) is 9.23. The highest BCUT2D eigenvalue weighted by Crippen LogP contribution is 2.33. The standard InChI is InChI=1S/C15H26N2O2/c1-3-14(4-2)17-8-5-13(16-17)11-15(12-18)6-9-19-10-7-15/h5,8,14,18H,3-4,6-7,9-12H2,1-2H3. The van der Waals surface area contributed by atoms with Crippen LogP contribution < -0.4 is 0 Å². The van der Waals surface area contributed by atoms with Gasteiger partial charge in [0.05, 0.1) is 11.7 Å². The number of hydrogen-bond donors (Lipinski definition) is 1. The number of rotatable bonds is 6. The molecule has 0 unspecified atom stereocenters. The van der Waals surface area contributed by atoms with Crippen LogP contribution in [0.4, 0.5) is 0 Å². The molecule has 1 fully saturated rings. The Morgan fingerprint density at radius 2 is 2.05 bits per heavy atom. The molecule has 0 aromatic carbocycles. The van der Waals surface area contributed by atoms with Gasteiger partial charge in [-0.3, -0.25) is 4.68 Å². The lowest BCUT2D eigenvalue weighted by Crippen LogP contribution is -2.35. The van der Waals surface area contributed by atoms with Crippen molar-refractivity contribution in [3.8, 4) is 0 Å². The van der Waals surface area contributed by atoms with E-state index in [9.17, 15) is 5.11 Å². The van der Waals surface area contributed by atoms with Gasteiger partial charge in [-0.25, -0.2) is 0 Å².